The predicted octanol–water partition coefficient (Wildman–Crippen LogP) is -0.842. The van der Waals surface area contributed by atoms with Gasteiger partial charge in [-0.25, -0.2) is 14.6 Å². The molecule has 0 radical (unpaired) electrons. The molecule has 0 bridgehead atoms. The van der Waals surface area contributed by atoms with Crippen molar-refractivity contribution in [3.63, 3.8) is 0 Å². The molecule has 1 fully saturated rings. The van der Waals surface area contributed by atoms with Crippen LogP contribution in [0, 0.1) is 0 Å². The van der Waals surface area contributed by atoms with E-state index in [2.05, 4.69) is 10.4 Å². The number of carbonyl (C=O) groups is 3. The molecule has 0 aromatic carbocycles. The van der Waals surface area contributed by atoms with Crippen molar-refractivity contribution in [1.29, 1.82) is 0 Å². The zero-order chi connectivity index (χ0) is 12.4. The number of amides is 2. The van der Waals surface area contributed by atoms with Crippen molar-refractivity contribution in [2.24, 2.45) is 5.10 Å². The Kier molecular flexibility index (Phi) is 2.94. The third-order valence-corrected chi connectivity index (χ3v) is 2.48. The number of carboxylic acid groups (broad SMARTS) is 1. The van der Waals surface area contributed by atoms with Crippen molar-refractivity contribution in [2.45, 2.75) is 18.9 Å². The Labute approximate surface area is 96.2 Å². The van der Waals surface area contributed by atoms with E-state index in [4.69, 9.17) is 9.84 Å². The number of ether oxygens (including phenoxy) is 1. The van der Waals surface area contributed by atoms with Gasteiger partial charge < -0.3 is 15.2 Å². The van der Waals surface area contributed by atoms with Crippen molar-refractivity contribution in [2.75, 3.05) is 13.1 Å². The summed E-state index contributed by atoms with van der Waals surface area (Å²) in [5, 5.41) is 16.0. The van der Waals surface area contributed by atoms with Gasteiger partial charge in [0.1, 0.15) is 11.8 Å². The minimum absolute atomic E-state index is 0.0538. The minimum atomic E-state index is -1.14. The van der Waals surface area contributed by atoms with Gasteiger partial charge in [-0.1, -0.05) is 0 Å². The van der Waals surface area contributed by atoms with Crippen LogP contribution in [0.3, 0.4) is 0 Å². The van der Waals surface area contributed by atoms with Crippen LogP contribution < -0.4 is 5.32 Å². The molecule has 2 rings (SSSR count). The molecular weight excluding hydrogens is 230 g/mol. The summed E-state index contributed by atoms with van der Waals surface area (Å²) in [4.78, 5) is 33.0. The summed E-state index contributed by atoms with van der Waals surface area (Å²) in [7, 11) is 0. The molecule has 17 heavy (non-hydrogen) atoms. The summed E-state index contributed by atoms with van der Waals surface area (Å²) < 4.78 is 4.85. The minimum Gasteiger partial charge on any atom is -0.477 e. The number of hydrazone groups is 1. The molecule has 1 unspecified atom stereocenters. The average Bonchev–Trinajstić information content (AvgIpc) is 2.67. The van der Waals surface area contributed by atoms with E-state index in [-0.39, 0.29) is 31.0 Å². The lowest BCUT2D eigenvalue weighted by Gasteiger charge is -2.23. The fourth-order valence-corrected chi connectivity index (χ4v) is 1.62. The third-order valence-electron chi connectivity index (χ3n) is 2.48. The molecule has 0 saturated carbocycles. The number of carboxylic acids is 1. The van der Waals surface area contributed by atoms with Gasteiger partial charge in [-0.2, -0.15) is 5.10 Å². The smallest absolute Gasteiger partial charge is 0.407 e. The van der Waals surface area contributed by atoms with Crippen molar-refractivity contribution < 1.29 is 24.2 Å². The van der Waals surface area contributed by atoms with E-state index >= 15 is 0 Å². The van der Waals surface area contributed by atoms with E-state index < -0.39 is 18.2 Å². The van der Waals surface area contributed by atoms with Gasteiger partial charge in [-0.05, 0) is 0 Å². The molecule has 8 nitrogen and oxygen atoms in total. The normalized spacial score (nSPS) is 24.1. The number of nitrogens with zero attached hydrogens (tertiary/aromatic N) is 2. The Morgan fingerprint density at radius 3 is 2.88 bits per heavy atom. The maximum atomic E-state index is 11.5. The average molecular weight is 241 g/mol. The van der Waals surface area contributed by atoms with Crippen molar-refractivity contribution >= 4 is 23.7 Å². The number of carbonyl (C=O) groups excluding carboxylic acids is 2. The highest BCUT2D eigenvalue weighted by molar-refractivity contribution is 6.36. The molecule has 1 saturated heterocycles. The van der Waals surface area contributed by atoms with Gasteiger partial charge >= 0.3 is 12.1 Å². The number of hydrogen-bond donors (Lipinski definition) is 2. The lowest BCUT2D eigenvalue weighted by atomic mass is 10.1. The van der Waals surface area contributed by atoms with E-state index in [1.54, 1.807) is 0 Å². The summed E-state index contributed by atoms with van der Waals surface area (Å²) in [5.41, 5.74) is -0.0538. The van der Waals surface area contributed by atoms with E-state index in [0.29, 0.717) is 6.54 Å². The molecule has 1 atom stereocenters. The monoisotopic (exact) mass is 241 g/mol. The van der Waals surface area contributed by atoms with Crippen LogP contribution in [-0.2, 0) is 14.3 Å². The standard InChI is InChI=1S/C9H11N3O5/c13-7-2-1-6(8(14)15)11-12(7)4-5-3-10-9(16)17-5/h5H,1-4H2,(H,10,16)(H,14,15). The van der Waals surface area contributed by atoms with Gasteiger partial charge in [0.2, 0.25) is 5.91 Å². The zero-order valence-electron chi connectivity index (χ0n) is 8.88. The summed E-state index contributed by atoms with van der Waals surface area (Å²) >= 11 is 0. The topological polar surface area (TPSA) is 108 Å². The van der Waals surface area contributed by atoms with Crippen LogP contribution in [0.25, 0.3) is 0 Å². The maximum Gasteiger partial charge on any atom is 0.407 e. The molecule has 0 aromatic rings. The highest BCUT2D eigenvalue weighted by Gasteiger charge is 2.30. The van der Waals surface area contributed by atoms with E-state index in [1.807, 2.05) is 0 Å². The molecule has 2 aliphatic heterocycles. The van der Waals surface area contributed by atoms with Gasteiger partial charge in [0.25, 0.3) is 0 Å². The molecular formula is C9H11N3O5. The number of alkyl carbamates (subject to hydrolysis) is 1. The SMILES string of the molecule is O=C1NCC(CN2N=C(C(=O)O)CCC2=O)O1. The first kappa shape index (κ1) is 11.4. The quantitative estimate of drug-likeness (QED) is 0.669. The van der Waals surface area contributed by atoms with Gasteiger partial charge in [-0.15, -0.1) is 0 Å². The highest BCUT2D eigenvalue weighted by Crippen LogP contribution is 2.12. The third kappa shape index (κ3) is 2.52. The Morgan fingerprint density at radius 1 is 1.53 bits per heavy atom. The van der Waals surface area contributed by atoms with Gasteiger partial charge in [0.15, 0.2) is 0 Å². The predicted molar refractivity (Wildman–Crippen MR) is 54.3 cm³/mol. The number of cyclic esters (lactones) is 1. The van der Waals surface area contributed by atoms with Gasteiger partial charge in [0.05, 0.1) is 13.1 Å². The van der Waals surface area contributed by atoms with Crippen LogP contribution in [0.1, 0.15) is 12.8 Å². The molecule has 0 aliphatic carbocycles. The molecule has 2 aliphatic rings. The van der Waals surface area contributed by atoms with Crippen LogP contribution in [0.4, 0.5) is 4.79 Å². The first-order valence-corrected chi connectivity index (χ1v) is 5.12. The van der Waals surface area contributed by atoms with Crippen LogP contribution in [0.2, 0.25) is 0 Å². The van der Waals surface area contributed by atoms with Crippen molar-refractivity contribution in [3.05, 3.63) is 0 Å². The lowest BCUT2D eigenvalue weighted by Crippen LogP contribution is -2.39. The van der Waals surface area contributed by atoms with E-state index in [0.717, 1.165) is 5.01 Å². The largest absolute Gasteiger partial charge is 0.477 e. The number of rotatable bonds is 3. The Hall–Kier alpha value is -2.12. The van der Waals surface area contributed by atoms with Gasteiger partial charge in [0, 0.05) is 12.8 Å². The fraction of sp³-hybridized carbons (Fsp3) is 0.556. The first-order valence-electron chi connectivity index (χ1n) is 5.12. The fourth-order valence-electron chi connectivity index (χ4n) is 1.62. The molecule has 8 heteroatoms. The second kappa shape index (κ2) is 4.40. The van der Waals surface area contributed by atoms with Crippen LogP contribution in [0.15, 0.2) is 5.10 Å². The summed E-state index contributed by atoms with van der Waals surface area (Å²) in [6, 6.07) is 0. The zero-order valence-corrected chi connectivity index (χ0v) is 8.88. The highest BCUT2D eigenvalue weighted by atomic mass is 16.6. The van der Waals surface area contributed by atoms with Crippen molar-refractivity contribution in [3.8, 4) is 0 Å². The van der Waals surface area contributed by atoms with Crippen LogP contribution >= 0.6 is 0 Å². The van der Waals surface area contributed by atoms with Crippen LogP contribution in [-0.4, -0.2) is 53.0 Å². The molecule has 92 valence electrons. The number of hydrogen-bond acceptors (Lipinski definition) is 5. The first-order chi connectivity index (χ1) is 8.06. The number of nitrogens with one attached hydrogen (secondary N) is 1. The van der Waals surface area contributed by atoms with Crippen LogP contribution in [0.5, 0.6) is 0 Å². The molecule has 2 heterocycles. The molecule has 0 aromatic heterocycles. The number of aliphatic carboxylic acids is 1. The Balaban J connectivity index is 2.03. The maximum absolute atomic E-state index is 11.5. The van der Waals surface area contributed by atoms with Gasteiger partial charge in [-0.3, -0.25) is 4.79 Å². The second-order valence-corrected chi connectivity index (χ2v) is 3.74. The summed E-state index contributed by atoms with van der Waals surface area (Å²) in [5.74, 6) is -1.40. The summed E-state index contributed by atoms with van der Waals surface area (Å²) in [6.45, 7) is 0.370. The molecule has 0 spiro atoms. The van der Waals surface area contributed by atoms with Crippen molar-refractivity contribution in [1.82, 2.24) is 10.3 Å². The Morgan fingerprint density at radius 2 is 2.29 bits per heavy atom. The molecule has 2 N–H and O–H groups in total. The Bertz CT molecular complexity index is 405. The van der Waals surface area contributed by atoms with E-state index in [9.17, 15) is 14.4 Å². The summed E-state index contributed by atoms with van der Waals surface area (Å²) in [6.07, 6.45) is -0.780. The van der Waals surface area contributed by atoms with E-state index in [1.165, 1.54) is 0 Å². The second-order valence-electron chi connectivity index (χ2n) is 3.74. The molecule has 2 amide bonds. The lowest BCUT2D eigenvalue weighted by molar-refractivity contribution is -0.133.